The van der Waals surface area contributed by atoms with Crippen molar-refractivity contribution in [2.24, 2.45) is 5.92 Å². The first-order chi connectivity index (χ1) is 6.97. The van der Waals surface area contributed by atoms with Gasteiger partial charge in [0.2, 0.25) is 5.91 Å². The molecule has 0 atom stereocenters. The van der Waals surface area contributed by atoms with E-state index in [1.54, 1.807) is 20.8 Å². The summed E-state index contributed by atoms with van der Waals surface area (Å²) < 4.78 is 0. The molecule has 0 spiro atoms. The van der Waals surface area contributed by atoms with E-state index in [1.165, 1.54) is 0 Å². The number of hydrogen-bond acceptors (Lipinski definition) is 3. The third kappa shape index (κ3) is 6.82. The lowest BCUT2D eigenvalue weighted by molar-refractivity contribution is -0.127. The quantitative estimate of drug-likeness (QED) is 0.688. The van der Waals surface area contributed by atoms with Crippen LogP contribution >= 0.6 is 0 Å². The van der Waals surface area contributed by atoms with Crippen LogP contribution in [0.5, 0.6) is 0 Å². The molecule has 15 heavy (non-hydrogen) atoms. The third-order valence-electron chi connectivity index (χ3n) is 2.12. The van der Waals surface area contributed by atoms with E-state index < -0.39 is 0 Å². The van der Waals surface area contributed by atoms with Crippen LogP contribution in [0, 0.1) is 5.92 Å². The molecule has 0 bridgehead atoms. The van der Waals surface area contributed by atoms with Crippen molar-refractivity contribution in [1.29, 1.82) is 0 Å². The first-order valence-electron chi connectivity index (χ1n) is 5.28. The lowest BCUT2D eigenvalue weighted by atomic mass is 10.0. The maximum atomic E-state index is 11.2. The SMILES string of the molecule is CCC(=O)CNC(=O)CCC(=O)C(C)C. The molecule has 0 aliphatic rings. The lowest BCUT2D eigenvalue weighted by Crippen LogP contribution is -2.29. The Labute approximate surface area is 90.4 Å². The summed E-state index contributed by atoms with van der Waals surface area (Å²) in [6, 6.07) is 0. The predicted octanol–water partition coefficient (Wildman–Crippen LogP) is 1.09. The van der Waals surface area contributed by atoms with Crippen molar-refractivity contribution < 1.29 is 14.4 Å². The summed E-state index contributed by atoms with van der Waals surface area (Å²) >= 11 is 0. The van der Waals surface area contributed by atoms with Crippen molar-refractivity contribution >= 4 is 17.5 Å². The van der Waals surface area contributed by atoms with E-state index in [9.17, 15) is 14.4 Å². The van der Waals surface area contributed by atoms with Crippen LogP contribution in [-0.4, -0.2) is 24.0 Å². The smallest absolute Gasteiger partial charge is 0.220 e. The number of hydrogen-bond donors (Lipinski definition) is 1. The van der Waals surface area contributed by atoms with Gasteiger partial charge >= 0.3 is 0 Å². The highest BCUT2D eigenvalue weighted by Gasteiger charge is 2.10. The fourth-order valence-corrected chi connectivity index (χ4v) is 0.936. The molecule has 4 heteroatoms. The van der Waals surface area contributed by atoms with Crippen LogP contribution in [0.3, 0.4) is 0 Å². The van der Waals surface area contributed by atoms with Crippen LogP contribution in [0.25, 0.3) is 0 Å². The van der Waals surface area contributed by atoms with Gasteiger partial charge in [-0.2, -0.15) is 0 Å². The molecule has 0 rings (SSSR count). The summed E-state index contributed by atoms with van der Waals surface area (Å²) in [4.78, 5) is 33.3. The second-order valence-corrected chi connectivity index (χ2v) is 3.79. The van der Waals surface area contributed by atoms with Crippen LogP contribution < -0.4 is 5.32 Å². The van der Waals surface area contributed by atoms with Gasteiger partial charge in [0.25, 0.3) is 0 Å². The minimum atomic E-state index is -0.231. The number of rotatable bonds is 7. The number of carbonyl (C=O) groups excluding carboxylic acids is 3. The maximum Gasteiger partial charge on any atom is 0.220 e. The van der Waals surface area contributed by atoms with Gasteiger partial charge in [0.15, 0.2) is 5.78 Å². The molecule has 0 aromatic heterocycles. The fraction of sp³-hybridized carbons (Fsp3) is 0.727. The van der Waals surface area contributed by atoms with E-state index in [-0.39, 0.29) is 42.8 Å². The number of ketones is 2. The van der Waals surface area contributed by atoms with Gasteiger partial charge in [0, 0.05) is 25.2 Å². The highest BCUT2D eigenvalue weighted by atomic mass is 16.2. The maximum absolute atomic E-state index is 11.2. The zero-order valence-electron chi connectivity index (χ0n) is 9.63. The van der Waals surface area contributed by atoms with E-state index in [2.05, 4.69) is 5.32 Å². The monoisotopic (exact) mass is 213 g/mol. The van der Waals surface area contributed by atoms with Gasteiger partial charge in [-0.1, -0.05) is 20.8 Å². The topological polar surface area (TPSA) is 63.2 Å². The average molecular weight is 213 g/mol. The average Bonchev–Trinajstić information content (AvgIpc) is 2.21. The first-order valence-corrected chi connectivity index (χ1v) is 5.28. The molecule has 0 fully saturated rings. The lowest BCUT2D eigenvalue weighted by Gasteiger charge is -2.04. The number of nitrogens with one attached hydrogen (secondary N) is 1. The van der Waals surface area contributed by atoms with E-state index in [0.717, 1.165) is 0 Å². The van der Waals surface area contributed by atoms with Crippen molar-refractivity contribution in [1.82, 2.24) is 5.32 Å². The van der Waals surface area contributed by atoms with Crippen molar-refractivity contribution in [3.63, 3.8) is 0 Å². The number of carbonyl (C=O) groups is 3. The van der Waals surface area contributed by atoms with Gasteiger partial charge in [0.1, 0.15) is 5.78 Å². The molecule has 1 N–H and O–H groups in total. The Morgan fingerprint density at radius 2 is 1.73 bits per heavy atom. The fourth-order valence-electron chi connectivity index (χ4n) is 0.936. The Kier molecular flexibility index (Phi) is 6.58. The molecule has 0 unspecified atom stereocenters. The third-order valence-corrected chi connectivity index (χ3v) is 2.12. The molecule has 0 aromatic rings. The molecule has 1 amide bonds. The highest BCUT2D eigenvalue weighted by molar-refractivity contribution is 5.88. The van der Waals surface area contributed by atoms with Crippen molar-refractivity contribution in [3.8, 4) is 0 Å². The Morgan fingerprint density at radius 3 is 2.20 bits per heavy atom. The van der Waals surface area contributed by atoms with Gasteiger partial charge in [-0.25, -0.2) is 0 Å². The van der Waals surface area contributed by atoms with E-state index in [0.29, 0.717) is 6.42 Å². The zero-order valence-corrected chi connectivity index (χ0v) is 9.63. The van der Waals surface area contributed by atoms with Crippen molar-refractivity contribution in [2.75, 3.05) is 6.54 Å². The van der Waals surface area contributed by atoms with Crippen LogP contribution in [0.2, 0.25) is 0 Å². The minimum Gasteiger partial charge on any atom is -0.349 e. The van der Waals surface area contributed by atoms with Gasteiger partial charge in [-0.05, 0) is 0 Å². The summed E-state index contributed by atoms with van der Waals surface area (Å²) in [7, 11) is 0. The molecule has 0 aliphatic heterocycles. The van der Waals surface area contributed by atoms with Crippen LogP contribution in [0.1, 0.15) is 40.0 Å². The van der Waals surface area contributed by atoms with Crippen LogP contribution in [0.15, 0.2) is 0 Å². The number of amides is 1. The summed E-state index contributed by atoms with van der Waals surface area (Å²) in [6.45, 7) is 5.43. The van der Waals surface area contributed by atoms with Crippen LogP contribution in [0.4, 0.5) is 0 Å². The van der Waals surface area contributed by atoms with Crippen molar-refractivity contribution in [2.45, 2.75) is 40.0 Å². The Hall–Kier alpha value is -1.19. The van der Waals surface area contributed by atoms with Gasteiger partial charge in [0.05, 0.1) is 6.54 Å². The normalized spacial score (nSPS) is 10.1. The van der Waals surface area contributed by atoms with Gasteiger partial charge in [-0.3, -0.25) is 14.4 Å². The van der Waals surface area contributed by atoms with E-state index >= 15 is 0 Å². The first kappa shape index (κ1) is 13.8. The van der Waals surface area contributed by atoms with Gasteiger partial charge in [-0.15, -0.1) is 0 Å². The predicted molar refractivity (Wildman–Crippen MR) is 57.4 cm³/mol. The van der Waals surface area contributed by atoms with Gasteiger partial charge < -0.3 is 5.32 Å². The molecule has 0 heterocycles. The molecule has 4 nitrogen and oxygen atoms in total. The summed E-state index contributed by atoms with van der Waals surface area (Å²) in [5, 5.41) is 2.49. The highest BCUT2D eigenvalue weighted by Crippen LogP contribution is 2.01. The molecule has 0 aliphatic carbocycles. The Balaban J connectivity index is 3.67. The molecular weight excluding hydrogens is 194 g/mol. The van der Waals surface area contributed by atoms with E-state index in [4.69, 9.17) is 0 Å². The largest absolute Gasteiger partial charge is 0.349 e. The molecular formula is C11H19NO3. The number of Topliss-reactive ketones (excluding diaryl/α,β-unsaturated/α-hetero) is 2. The second kappa shape index (κ2) is 7.15. The standard InChI is InChI=1S/C11H19NO3/c1-4-9(13)7-12-11(15)6-5-10(14)8(2)3/h8H,4-7H2,1-3H3,(H,12,15). The van der Waals surface area contributed by atoms with Crippen LogP contribution in [-0.2, 0) is 14.4 Å². The molecule has 0 aromatic carbocycles. The molecule has 86 valence electrons. The Morgan fingerprint density at radius 1 is 1.13 bits per heavy atom. The molecule has 0 radical (unpaired) electrons. The molecule has 0 saturated heterocycles. The minimum absolute atomic E-state index is 0.00136. The summed E-state index contributed by atoms with van der Waals surface area (Å²) in [5.74, 6) is -0.189. The van der Waals surface area contributed by atoms with E-state index in [1.807, 2.05) is 0 Å². The second-order valence-electron chi connectivity index (χ2n) is 3.79. The van der Waals surface area contributed by atoms with Crippen molar-refractivity contribution in [3.05, 3.63) is 0 Å². The zero-order chi connectivity index (χ0) is 11.8. The summed E-state index contributed by atoms with van der Waals surface area (Å²) in [5.41, 5.74) is 0. The Bertz CT molecular complexity index is 246. The molecule has 0 saturated carbocycles. The summed E-state index contributed by atoms with van der Waals surface area (Å²) in [6.07, 6.45) is 0.850.